The Balaban J connectivity index is 1.94. The van der Waals surface area contributed by atoms with Crippen molar-refractivity contribution >= 4 is 11.9 Å². The molecule has 1 aliphatic rings. The van der Waals surface area contributed by atoms with Crippen molar-refractivity contribution in [2.24, 2.45) is 0 Å². The Morgan fingerprint density at radius 2 is 1.84 bits per heavy atom. The Hall–Kier alpha value is -2.66. The number of hydrogen-bond acceptors (Lipinski definition) is 3. The van der Waals surface area contributed by atoms with E-state index in [0.717, 1.165) is 17.5 Å². The first-order chi connectivity index (χ1) is 12.1. The van der Waals surface area contributed by atoms with Gasteiger partial charge < -0.3 is 15.2 Å². The van der Waals surface area contributed by atoms with E-state index in [4.69, 9.17) is 4.74 Å². The van der Waals surface area contributed by atoms with Crippen LogP contribution < -0.4 is 5.32 Å². The van der Waals surface area contributed by atoms with Crippen LogP contribution in [0.4, 0.5) is 0 Å². The Kier molecular flexibility index (Phi) is 4.86. The van der Waals surface area contributed by atoms with E-state index in [1.54, 1.807) is 31.2 Å². The Morgan fingerprint density at radius 1 is 1.16 bits per heavy atom. The summed E-state index contributed by atoms with van der Waals surface area (Å²) >= 11 is 0. The highest BCUT2D eigenvalue weighted by atomic mass is 16.5. The lowest BCUT2D eigenvalue weighted by molar-refractivity contribution is -0.151. The zero-order chi connectivity index (χ0) is 17.9. The first kappa shape index (κ1) is 17.2. The average Bonchev–Trinajstić information content (AvgIpc) is 2.66. The van der Waals surface area contributed by atoms with Crippen molar-refractivity contribution in [1.82, 2.24) is 5.32 Å². The topological polar surface area (TPSA) is 75.6 Å². The van der Waals surface area contributed by atoms with Crippen molar-refractivity contribution in [3.63, 3.8) is 0 Å². The number of ether oxygens (including phenoxy) is 1. The lowest BCUT2D eigenvalue weighted by atomic mass is 9.86. The highest BCUT2D eigenvalue weighted by Crippen LogP contribution is 2.31. The maximum Gasteiger partial charge on any atom is 0.334 e. The van der Waals surface area contributed by atoms with Gasteiger partial charge >= 0.3 is 5.97 Å². The molecule has 0 aromatic heterocycles. The summed E-state index contributed by atoms with van der Waals surface area (Å²) in [6.45, 7) is 2.18. The number of nitrogens with one attached hydrogen (secondary N) is 1. The molecule has 1 heterocycles. The number of carboxylic acid groups (broad SMARTS) is 1. The van der Waals surface area contributed by atoms with Gasteiger partial charge in [-0.2, -0.15) is 0 Å². The predicted octanol–water partition coefficient (Wildman–Crippen LogP) is 2.81. The molecule has 0 saturated carbocycles. The maximum atomic E-state index is 12.9. The van der Waals surface area contributed by atoms with E-state index in [1.807, 2.05) is 30.3 Å². The van der Waals surface area contributed by atoms with Crippen LogP contribution in [0.15, 0.2) is 54.6 Å². The summed E-state index contributed by atoms with van der Waals surface area (Å²) < 4.78 is 5.67. The fraction of sp³-hybridized carbons (Fsp3) is 0.300. The Bertz CT molecular complexity index is 774. The van der Waals surface area contributed by atoms with E-state index in [-0.39, 0.29) is 6.42 Å². The van der Waals surface area contributed by atoms with Crippen molar-refractivity contribution in [3.05, 3.63) is 71.3 Å². The van der Waals surface area contributed by atoms with Crippen LogP contribution in [-0.2, 0) is 26.3 Å². The molecule has 5 nitrogen and oxygen atoms in total. The smallest absolute Gasteiger partial charge is 0.334 e. The molecule has 0 saturated heterocycles. The quantitative estimate of drug-likeness (QED) is 0.878. The van der Waals surface area contributed by atoms with Crippen molar-refractivity contribution in [2.45, 2.75) is 31.4 Å². The molecule has 1 amide bonds. The minimum atomic E-state index is -1.48. The third kappa shape index (κ3) is 3.15. The van der Waals surface area contributed by atoms with E-state index in [2.05, 4.69) is 5.32 Å². The molecule has 2 aromatic rings. The van der Waals surface area contributed by atoms with Crippen LogP contribution in [-0.4, -0.2) is 23.6 Å². The number of carboxylic acids is 1. The van der Waals surface area contributed by atoms with E-state index in [0.29, 0.717) is 12.2 Å². The van der Waals surface area contributed by atoms with Crippen molar-refractivity contribution in [1.29, 1.82) is 0 Å². The number of aliphatic carboxylic acids is 1. The molecule has 2 N–H and O–H groups in total. The van der Waals surface area contributed by atoms with Crippen molar-refractivity contribution < 1.29 is 19.4 Å². The van der Waals surface area contributed by atoms with Crippen LogP contribution >= 0.6 is 0 Å². The van der Waals surface area contributed by atoms with Gasteiger partial charge in [0.25, 0.3) is 5.91 Å². The number of hydrogen-bond donors (Lipinski definition) is 2. The molecule has 25 heavy (non-hydrogen) atoms. The first-order valence-electron chi connectivity index (χ1n) is 8.39. The van der Waals surface area contributed by atoms with Crippen LogP contribution in [0.2, 0.25) is 0 Å². The van der Waals surface area contributed by atoms with E-state index < -0.39 is 23.5 Å². The molecule has 3 rings (SSSR count). The normalized spacial score (nSPS) is 18.7. The van der Waals surface area contributed by atoms with Crippen LogP contribution in [0, 0.1) is 0 Å². The molecule has 0 bridgehead atoms. The van der Waals surface area contributed by atoms with Gasteiger partial charge in [-0.15, -0.1) is 0 Å². The van der Waals surface area contributed by atoms with Gasteiger partial charge in [0.05, 0.1) is 6.61 Å². The van der Waals surface area contributed by atoms with Gasteiger partial charge in [-0.3, -0.25) is 4.79 Å². The van der Waals surface area contributed by atoms with Crippen LogP contribution in [0.5, 0.6) is 0 Å². The molecule has 2 unspecified atom stereocenters. The van der Waals surface area contributed by atoms with Gasteiger partial charge in [-0.1, -0.05) is 61.5 Å². The largest absolute Gasteiger partial charge is 0.479 e. The zero-order valence-corrected chi connectivity index (χ0v) is 14.1. The molecule has 0 fully saturated rings. The summed E-state index contributed by atoms with van der Waals surface area (Å²) in [5.41, 5.74) is 0.928. The van der Waals surface area contributed by atoms with Gasteiger partial charge in [0.1, 0.15) is 0 Å². The van der Waals surface area contributed by atoms with Gasteiger partial charge in [0.15, 0.2) is 11.6 Å². The number of fused-ring (bicyclic) bond motifs is 1. The van der Waals surface area contributed by atoms with E-state index in [9.17, 15) is 14.7 Å². The van der Waals surface area contributed by atoms with Gasteiger partial charge in [0, 0.05) is 0 Å². The lowest BCUT2D eigenvalue weighted by Crippen LogP contribution is -2.53. The highest BCUT2D eigenvalue weighted by Gasteiger charge is 2.42. The molecule has 2 atom stereocenters. The number of rotatable bonds is 5. The maximum absolute atomic E-state index is 12.9. The molecule has 0 radical (unpaired) electrons. The molecular formula is C20H21NO4. The van der Waals surface area contributed by atoms with Gasteiger partial charge in [0.2, 0.25) is 0 Å². The molecule has 130 valence electrons. The minimum Gasteiger partial charge on any atom is -0.479 e. The van der Waals surface area contributed by atoms with Crippen molar-refractivity contribution in [2.75, 3.05) is 6.61 Å². The third-order valence-electron chi connectivity index (χ3n) is 4.73. The van der Waals surface area contributed by atoms with Crippen LogP contribution in [0.1, 0.15) is 36.1 Å². The summed E-state index contributed by atoms with van der Waals surface area (Å²) in [6.07, 6.45) is 0.182. The number of carbonyl (C=O) groups excluding carboxylic acids is 1. The second-order valence-electron chi connectivity index (χ2n) is 6.12. The first-order valence-corrected chi connectivity index (χ1v) is 8.39. The van der Waals surface area contributed by atoms with Crippen molar-refractivity contribution in [3.8, 4) is 0 Å². The molecule has 0 aliphatic carbocycles. The van der Waals surface area contributed by atoms with Gasteiger partial charge in [-0.05, 0) is 29.5 Å². The van der Waals surface area contributed by atoms with Crippen LogP contribution in [0.25, 0.3) is 0 Å². The number of carbonyl (C=O) groups is 2. The fourth-order valence-corrected chi connectivity index (χ4v) is 3.30. The lowest BCUT2D eigenvalue weighted by Gasteiger charge is -2.33. The summed E-state index contributed by atoms with van der Waals surface area (Å²) in [7, 11) is 0. The van der Waals surface area contributed by atoms with E-state index >= 15 is 0 Å². The highest BCUT2D eigenvalue weighted by molar-refractivity contribution is 5.91. The Morgan fingerprint density at radius 3 is 2.52 bits per heavy atom. The second-order valence-corrected chi connectivity index (χ2v) is 6.12. The van der Waals surface area contributed by atoms with E-state index in [1.165, 1.54) is 0 Å². The standard InChI is InChI=1S/C20H21NO4/c1-2-20(19(23)24,15-9-4-3-5-10-15)21-18(22)17-16-11-7-6-8-14(16)12-13-25-17/h3-11,17H,2,12-13H2,1H3,(H,21,22)(H,23,24). The summed E-state index contributed by atoms with van der Waals surface area (Å²) in [5.74, 6) is -1.51. The third-order valence-corrected chi connectivity index (χ3v) is 4.73. The SMILES string of the molecule is CCC(NC(=O)C1OCCc2ccccc21)(C(=O)O)c1ccccc1. The molecule has 2 aromatic carbocycles. The average molecular weight is 339 g/mol. The fourth-order valence-electron chi connectivity index (χ4n) is 3.30. The summed E-state index contributed by atoms with van der Waals surface area (Å²) in [6, 6.07) is 16.4. The summed E-state index contributed by atoms with van der Waals surface area (Å²) in [4.78, 5) is 25.0. The number of benzene rings is 2. The molecular weight excluding hydrogens is 318 g/mol. The minimum absolute atomic E-state index is 0.229. The zero-order valence-electron chi connectivity index (χ0n) is 14.1. The number of amides is 1. The van der Waals surface area contributed by atoms with Gasteiger partial charge in [-0.25, -0.2) is 4.79 Å². The molecule has 5 heteroatoms. The van der Waals surface area contributed by atoms with Crippen LogP contribution in [0.3, 0.4) is 0 Å². The predicted molar refractivity (Wildman–Crippen MR) is 93.0 cm³/mol. The molecule has 0 spiro atoms. The summed E-state index contributed by atoms with van der Waals surface area (Å²) in [5, 5.41) is 12.6. The monoisotopic (exact) mass is 339 g/mol. The molecule has 1 aliphatic heterocycles. The second kappa shape index (κ2) is 7.07. The Labute approximate surface area is 146 Å².